The molecule has 0 aromatic rings. The van der Waals surface area contributed by atoms with E-state index in [4.69, 9.17) is 42.4 Å². The number of phosphoric acid groups is 1. The molecule has 8 N–H and O–H groups in total. The molecule has 2 saturated heterocycles. The van der Waals surface area contributed by atoms with Crippen LogP contribution in [0.3, 0.4) is 0 Å². The van der Waals surface area contributed by atoms with E-state index in [0.717, 1.165) is 231 Å². The normalized spacial score (nSPS) is 19.1. The Bertz CT molecular complexity index is 3050. The topological polar surface area (TPSA) is 348 Å². The number of nitrogens with one attached hydrogen (secondary N) is 2. The molecule has 2 aliphatic heterocycles. The fourth-order valence-electron chi connectivity index (χ4n) is 19.9. The Kier molecular flexibility index (Phi) is 88.8. The van der Waals surface area contributed by atoms with Crippen LogP contribution < -0.4 is 10.6 Å². The van der Waals surface area contributed by atoms with Crippen LogP contribution in [0.5, 0.6) is 0 Å². The van der Waals surface area contributed by atoms with Crippen molar-refractivity contribution >= 4 is 43.5 Å². The highest BCUT2D eigenvalue weighted by Crippen LogP contribution is 2.43. The first-order chi connectivity index (χ1) is 69.1. The Morgan fingerprint density at radius 1 is 0.338 bits per heavy atom. The zero-order valence-electron chi connectivity index (χ0n) is 91.9. The molecule has 25 heteroatoms. The number of aliphatic hydroxyl groups is 4. The summed E-state index contributed by atoms with van der Waals surface area (Å²) in [5.74, 6) is -3.80. The molecular weight excluding hydrogens is 1820 g/mol. The highest BCUT2D eigenvalue weighted by atomic mass is 31.2. The van der Waals surface area contributed by atoms with Crippen molar-refractivity contribution in [3.63, 3.8) is 0 Å². The van der Waals surface area contributed by atoms with Gasteiger partial charge in [-0.05, 0) is 89.9 Å². The van der Waals surface area contributed by atoms with Crippen LogP contribution in [0.25, 0.3) is 0 Å². The lowest BCUT2D eigenvalue weighted by molar-refractivity contribution is -0.298. The van der Waals surface area contributed by atoms with Crippen molar-refractivity contribution in [3.05, 3.63) is 24.5 Å². The van der Waals surface area contributed by atoms with Crippen molar-refractivity contribution in [2.75, 3.05) is 13.2 Å². The number of phosphoric ester groups is 1. The maximum absolute atomic E-state index is 15.4. The molecule has 0 radical (unpaired) electrons. The van der Waals surface area contributed by atoms with Crippen LogP contribution in [0.4, 0.5) is 0 Å². The summed E-state index contributed by atoms with van der Waals surface area (Å²) in [6.45, 7) is 17.9. The number of hydrogen-bond acceptors (Lipinski definition) is 20. The van der Waals surface area contributed by atoms with Gasteiger partial charge in [0.2, 0.25) is 11.8 Å². The molecule has 9 unspecified atom stereocenters. The lowest BCUT2D eigenvalue weighted by atomic mass is 9.95. The van der Waals surface area contributed by atoms with E-state index in [2.05, 4.69) is 77.8 Å². The highest BCUT2D eigenvalue weighted by molar-refractivity contribution is 7.46. The Labute approximate surface area is 866 Å². The zero-order chi connectivity index (χ0) is 104. The minimum atomic E-state index is -5.65. The van der Waals surface area contributed by atoms with Gasteiger partial charge in [0.05, 0.1) is 50.8 Å². The first-order valence-corrected chi connectivity index (χ1v) is 61.3. The van der Waals surface area contributed by atoms with Crippen molar-refractivity contribution in [1.29, 1.82) is 0 Å². The Hall–Kier alpha value is -4.07. The molecule has 0 saturated carbocycles. The van der Waals surface area contributed by atoms with E-state index in [0.29, 0.717) is 57.1 Å². The third-order valence-electron chi connectivity index (χ3n) is 28.7. The Balaban J connectivity index is 2.82. The van der Waals surface area contributed by atoms with Gasteiger partial charge in [0.15, 0.2) is 24.8 Å². The standard InChI is InChI=1S/C117H219N2O22P/c1-9-16-23-30-37-44-47-50-53-60-63-70-77-84-97(8)134-99(86-79-72-65-57-41-34-27-20-13-5)92-104(122)118-110-114(139-108(126)91-98(121)85-78-71-64-56-40-33-26-19-12-4)112(128)103(137-116(110)129)96-133-117-111(119-105(123)93-100(87-80-73-66-58-42-35-28-21-14-6)135-106(124)89-82-75-68-61-54-51-48-45-38-31-24-17-10-2)115(113(102(95-120)138-117)141-142(130,131)132)140-109(127)94-101(88-81-74-67-59-43-36-29-22-15-7)136-107(125)90-83-76-69-62-55-52-49-46-39-32-25-18-11-3/h45,48,98-103,110-117,120-121,128-129H,8-44,46-47,49-96H2,1-7H3,(H,118,122)(H,119,123)(H2,130,131,132)/b48-45-/t98?,99?,100?,101?,102?,103?,110?,111?,112-,113-,114-,115-,116?,117-/m1/s1. The largest absolute Gasteiger partial charge is 0.495 e. The van der Waals surface area contributed by atoms with Gasteiger partial charge in [-0.15, -0.1) is 0 Å². The van der Waals surface area contributed by atoms with Gasteiger partial charge in [0.1, 0.15) is 54.8 Å². The number of carbonyl (C=O) groups is 6. The fourth-order valence-corrected chi connectivity index (χ4v) is 20.4. The lowest BCUT2D eigenvalue weighted by Gasteiger charge is -2.46. The summed E-state index contributed by atoms with van der Waals surface area (Å²) in [7, 11) is -5.65. The number of carbonyl (C=O) groups excluding carboxylic acids is 6. The number of rotatable bonds is 103. The molecule has 0 aliphatic carbocycles. The van der Waals surface area contributed by atoms with E-state index in [1.807, 2.05) is 0 Å². The molecule has 142 heavy (non-hydrogen) atoms. The highest BCUT2D eigenvalue weighted by Gasteiger charge is 2.54. The number of ether oxygens (including phenoxy) is 8. The summed E-state index contributed by atoms with van der Waals surface area (Å²) in [5.41, 5.74) is 0. The van der Waals surface area contributed by atoms with Crippen molar-refractivity contribution in [1.82, 2.24) is 10.6 Å². The quantitative estimate of drug-likeness (QED) is 0.00700. The molecule has 0 spiro atoms. The van der Waals surface area contributed by atoms with Crippen LogP contribution >= 0.6 is 7.82 Å². The van der Waals surface area contributed by atoms with Crippen molar-refractivity contribution in [2.24, 2.45) is 0 Å². The molecule has 0 aromatic heterocycles. The zero-order valence-corrected chi connectivity index (χ0v) is 92.8. The van der Waals surface area contributed by atoms with E-state index in [-0.39, 0.29) is 32.1 Å². The number of aliphatic hydroxyl groups excluding tert-OH is 4. The van der Waals surface area contributed by atoms with Gasteiger partial charge >= 0.3 is 31.7 Å². The summed E-state index contributed by atoms with van der Waals surface area (Å²) >= 11 is 0. The average molecular weight is 2040 g/mol. The predicted molar refractivity (Wildman–Crippen MR) is 576 cm³/mol. The molecule has 0 bridgehead atoms. The van der Waals surface area contributed by atoms with Gasteiger partial charge in [-0.3, -0.25) is 33.3 Å². The second-order valence-corrected chi connectivity index (χ2v) is 43.5. The van der Waals surface area contributed by atoms with E-state index in [1.165, 1.54) is 205 Å². The van der Waals surface area contributed by atoms with E-state index >= 15 is 9.59 Å². The van der Waals surface area contributed by atoms with E-state index in [9.17, 15) is 54.0 Å². The van der Waals surface area contributed by atoms with Gasteiger partial charge in [-0.25, -0.2) is 4.57 Å². The minimum Gasteiger partial charge on any atom is -0.495 e. The van der Waals surface area contributed by atoms with Crippen LogP contribution in [-0.2, 0) is 75.8 Å². The second kappa shape index (κ2) is 94.1. The third-order valence-corrected chi connectivity index (χ3v) is 29.2. The average Bonchev–Trinajstić information content (AvgIpc) is 0.856. The monoisotopic (exact) mass is 2040 g/mol. The van der Waals surface area contributed by atoms with Crippen molar-refractivity contribution in [2.45, 2.75) is 674 Å². The SMILES string of the molecule is C=C(CCCCCCCCCCCCCCC)OC(CCCCCCCCCCC)CC(=O)NC1C(O)OC(CO[C@@H]2OC(CO)[C@@H](OP(=O)(O)O)[C@H](OC(=O)CC(CCCCCCCCCCC)OC(=O)CCCCCCCCCCCCCCC)C2NC(=O)CC(CCCCCCCCCCC)OC(=O)CCCCCCC/C=C\CCCCCC)[C@@H](O)[C@@H]1OC(=O)CC(O)CCCCCCCCCCC. The van der Waals surface area contributed by atoms with Gasteiger partial charge < -0.3 is 78.7 Å². The molecule has 14 atom stereocenters. The van der Waals surface area contributed by atoms with E-state index in [1.54, 1.807) is 0 Å². The van der Waals surface area contributed by atoms with Crippen LogP contribution in [0.15, 0.2) is 24.5 Å². The lowest BCUT2D eigenvalue weighted by Crippen LogP contribution is -2.68. The number of hydrogen-bond donors (Lipinski definition) is 8. The molecule has 0 aromatic carbocycles. The number of amides is 2. The number of unbranched alkanes of at least 4 members (excludes halogenated alkanes) is 65. The molecule has 2 amide bonds. The number of esters is 4. The van der Waals surface area contributed by atoms with Crippen LogP contribution in [-0.4, -0.2) is 165 Å². The van der Waals surface area contributed by atoms with Crippen LogP contribution in [0, 0.1) is 0 Å². The molecule has 24 nitrogen and oxygen atoms in total. The van der Waals surface area contributed by atoms with Gasteiger partial charge in [0, 0.05) is 19.3 Å². The van der Waals surface area contributed by atoms with Gasteiger partial charge in [0.25, 0.3) is 0 Å². The van der Waals surface area contributed by atoms with Crippen molar-refractivity contribution < 1.29 is 106 Å². The fraction of sp³-hybridized carbons (Fsp3) is 0.915. The van der Waals surface area contributed by atoms with Crippen LogP contribution in [0.1, 0.15) is 588 Å². The molecule has 2 fully saturated rings. The Morgan fingerprint density at radius 2 is 0.634 bits per heavy atom. The minimum absolute atomic E-state index is 0.111. The first kappa shape index (κ1) is 134. The molecule has 2 aliphatic rings. The summed E-state index contributed by atoms with van der Waals surface area (Å²) in [6.07, 6.45) is 64.9. The number of allylic oxidation sites excluding steroid dienone is 3. The summed E-state index contributed by atoms with van der Waals surface area (Å²) in [6, 6.07) is -3.46. The first-order valence-electron chi connectivity index (χ1n) is 59.7. The predicted octanol–water partition coefficient (Wildman–Crippen LogP) is 29.6. The van der Waals surface area contributed by atoms with Gasteiger partial charge in [-0.2, -0.15) is 0 Å². The maximum atomic E-state index is 15.4. The molecular formula is C117H219N2O22P. The summed E-state index contributed by atoms with van der Waals surface area (Å²) in [5, 5.41) is 53.7. The molecule has 2 heterocycles. The van der Waals surface area contributed by atoms with Crippen molar-refractivity contribution in [3.8, 4) is 0 Å². The summed E-state index contributed by atoms with van der Waals surface area (Å²) in [4.78, 5) is 109. The molecule has 834 valence electrons. The second-order valence-electron chi connectivity index (χ2n) is 42.3. The van der Waals surface area contributed by atoms with Crippen LogP contribution in [0.2, 0.25) is 0 Å². The smallest absolute Gasteiger partial charge is 0.470 e. The van der Waals surface area contributed by atoms with E-state index < -0.39 is 162 Å². The van der Waals surface area contributed by atoms with Gasteiger partial charge in [-0.1, -0.05) is 472 Å². The third kappa shape index (κ3) is 75.6. The summed E-state index contributed by atoms with van der Waals surface area (Å²) < 4.78 is 69.6. The molecule has 2 rings (SSSR count). The maximum Gasteiger partial charge on any atom is 0.470 e. The Morgan fingerprint density at radius 3 is 0.993 bits per heavy atom.